The Morgan fingerprint density at radius 1 is 1.24 bits per heavy atom. The van der Waals surface area contributed by atoms with E-state index in [9.17, 15) is 13.2 Å². The number of nitrogens with one attached hydrogen (secondary N) is 1. The quantitative estimate of drug-likeness (QED) is 0.651. The summed E-state index contributed by atoms with van der Waals surface area (Å²) >= 11 is 6.04. The molecule has 1 saturated heterocycles. The van der Waals surface area contributed by atoms with Gasteiger partial charge in [0.15, 0.2) is 5.69 Å². The minimum absolute atomic E-state index is 0.172. The zero-order chi connectivity index (χ0) is 21.0. The highest BCUT2D eigenvalue weighted by Gasteiger charge is 2.21. The predicted molar refractivity (Wildman–Crippen MR) is 107 cm³/mol. The number of ether oxygens (including phenoxy) is 1. The van der Waals surface area contributed by atoms with Crippen molar-refractivity contribution in [3.8, 4) is 0 Å². The van der Waals surface area contributed by atoms with Crippen LogP contribution in [0.15, 0.2) is 23.2 Å². The van der Waals surface area contributed by atoms with Crippen molar-refractivity contribution < 1.29 is 17.9 Å². The van der Waals surface area contributed by atoms with Crippen molar-refractivity contribution in [3.63, 3.8) is 0 Å². The second-order valence-electron chi connectivity index (χ2n) is 6.89. The summed E-state index contributed by atoms with van der Waals surface area (Å²) in [4.78, 5) is 14.3. The lowest BCUT2D eigenvalue weighted by Gasteiger charge is -2.25. The van der Waals surface area contributed by atoms with Crippen LogP contribution < -0.4 is 4.72 Å². The Morgan fingerprint density at radius 3 is 2.69 bits per heavy atom. The molecule has 0 radical (unpaired) electrons. The van der Waals surface area contributed by atoms with Gasteiger partial charge in [-0.1, -0.05) is 16.8 Å². The molecule has 29 heavy (non-hydrogen) atoms. The van der Waals surface area contributed by atoms with Crippen molar-refractivity contribution in [1.29, 1.82) is 0 Å². The Labute approximate surface area is 175 Å². The smallest absolute Gasteiger partial charge is 0.276 e. The minimum atomic E-state index is -3.63. The maximum atomic E-state index is 12.5. The molecule has 0 spiro atoms. The molecule has 0 saturated carbocycles. The first-order valence-electron chi connectivity index (χ1n) is 9.31. The average Bonchev–Trinajstić information content (AvgIpc) is 3.17. The molecule has 11 heteroatoms. The van der Waals surface area contributed by atoms with Crippen LogP contribution >= 0.6 is 11.6 Å². The molecule has 1 aliphatic rings. The summed E-state index contributed by atoms with van der Waals surface area (Å²) in [5, 5.41) is 8.42. The molecule has 1 aromatic carbocycles. The van der Waals surface area contributed by atoms with Gasteiger partial charge in [0.1, 0.15) is 0 Å². The number of nitrogens with zero attached hydrogens (tertiary/aromatic N) is 4. The van der Waals surface area contributed by atoms with Crippen molar-refractivity contribution >= 4 is 27.5 Å². The summed E-state index contributed by atoms with van der Waals surface area (Å²) in [6.07, 6.45) is 2.08. The largest absolute Gasteiger partial charge is 0.378 e. The van der Waals surface area contributed by atoms with E-state index in [2.05, 4.69) is 15.0 Å². The maximum absolute atomic E-state index is 12.5. The number of hydrogen-bond acceptors (Lipinski definition) is 6. The van der Waals surface area contributed by atoms with Gasteiger partial charge in [-0.2, -0.15) is 0 Å². The van der Waals surface area contributed by atoms with E-state index in [0.717, 1.165) is 0 Å². The second kappa shape index (κ2) is 9.21. The van der Waals surface area contributed by atoms with Crippen LogP contribution in [-0.2, 0) is 21.3 Å². The summed E-state index contributed by atoms with van der Waals surface area (Å²) in [6, 6.07) is 3.22. The monoisotopic (exact) mass is 441 g/mol. The third-order valence-electron chi connectivity index (χ3n) is 4.66. The summed E-state index contributed by atoms with van der Waals surface area (Å²) in [5.41, 5.74) is 1.58. The van der Waals surface area contributed by atoms with Gasteiger partial charge in [0.2, 0.25) is 10.0 Å². The van der Waals surface area contributed by atoms with Gasteiger partial charge in [-0.25, -0.2) is 13.1 Å². The van der Waals surface area contributed by atoms with E-state index in [1.54, 1.807) is 41.8 Å². The fourth-order valence-corrected chi connectivity index (χ4v) is 4.60. The number of halogens is 1. The maximum Gasteiger partial charge on any atom is 0.276 e. The topological polar surface area (TPSA) is 106 Å². The molecule has 0 atom stereocenters. The third-order valence-corrected chi connectivity index (χ3v) is 6.67. The molecule has 2 aromatic rings. The Morgan fingerprint density at radius 2 is 1.97 bits per heavy atom. The van der Waals surface area contributed by atoms with Crippen LogP contribution in [0, 0.1) is 13.8 Å². The summed E-state index contributed by atoms with van der Waals surface area (Å²) < 4.78 is 34.5. The van der Waals surface area contributed by atoms with Crippen LogP contribution in [0.3, 0.4) is 0 Å². The lowest BCUT2D eigenvalue weighted by atomic mass is 10.2. The van der Waals surface area contributed by atoms with Crippen molar-refractivity contribution in [3.05, 3.63) is 40.2 Å². The zero-order valence-corrected chi connectivity index (χ0v) is 18.0. The first-order valence-corrected chi connectivity index (χ1v) is 11.2. The second-order valence-corrected chi connectivity index (χ2v) is 9.03. The van der Waals surface area contributed by atoms with Crippen LogP contribution in [0.2, 0.25) is 5.02 Å². The molecule has 1 aliphatic heterocycles. The minimum Gasteiger partial charge on any atom is -0.378 e. The number of rotatable bonds is 7. The lowest BCUT2D eigenvalue weighted by molar-refractivity contribution is 0.0299. The van der Waals surface area contributed by atoms with Gasteiger partial charge in [0, 0.05) is 31.2 Å². The summed E-state index contributed by atoms with van der Waals surface area (Å²) in [7, 11) is -3.63. The Balaban J connectivity index is 1.52. The van der Waals surface area contributed by atoms with E-state index >= 15 is 0 Å². The first-order chi connectivity index (χ1) is 13.8. The molecule has 3 rings (SSSR count). The Bertz CT molecular complexity index is 986. The molecule has 1 N–H and O–H groups in total. The average molecular weight is 442 g/mol. The van der Waals surface area contributed by atoms with Gasteiger partial charge >= 0.3 is 0 Å². The predicted octanol–water partition coefficient (Wildman–Crippen LogP) is 1.39. The van der Waals surface area contributed by atoms with Gasteiger partial charge in [0.05, 0.1) is 24.3 Å². The summed E-state index contributed by atoms with van der Waals surface area (Å²) in [5.74, 6) is -0.172. The van der Waals surface area contributed by atoms with E-state index in [4.69, 9.17) is 16.3 Å². The number of carbonyl (C=O) groups is 1. The van der Waals surface area contributed by atoms with Crippen LogP contribution in [0.1, 0.15) is 28.0 Å². The molecule has 158 valence electrons. The number of carbonyl (C=O) groups excluding carboxylic acids is 1. The number of benzene rings is 1. The van der Waals surface area contributed by atoms with Gasteiger partial charge in [-0.15, -0.1) is 5.10 Å². The number of hydrogen-bond donors (Lipinski definition) is 1. The van der Waals surface area contributed by atoms with Gasteiger partial charge < -0.3 is 9.64 Å². The van der Waals surface area contributed by atoms with Crippen LogP contribution in [0.5, 0.6) is 0 Å². The van der Waals surface area contributed by atoms with E-state index in [0.29, 0.717) is 55.4 Å². The fraction of sp³-hybridized carbons (Fsp3) is 0.500. The highest BCUT2D eigenvalue weighted by molar-refractivity contribution is 7.89. The number of sulfonamides is 1. The molecular weight excluding hydrogens is 418 g/mol. The van der Waals surface area contributed by atoms with Gasteiger partial charge in [-0.05, 0) is 43.5 Å². The zero-order valence-electron chi connectivity index (χ0n) is 16.4. The molecule has 9 nitrogen and oxygen atoms in total. The fourth-order valence-electron chi connectivity index (χ4n) is 3.00. The molecule has 2 heterocycles. The van der Waals surface area contributed by atoms with E-state index in [1.807, 2.05) is 0 Å². The van der Waals surface area contributed by atoms with Gasteiger partial charge in [0.25, 0.3) is 5.91 Å². The van der Waals surface area contributed by atoms with Crippen molar-refractivity contribution in [2.75, 3.05) is 32.8 Å². The molecule has 0 bridgehead atoms. The third kappa shape index (κ3) is 5.33. The van der Waals surface area contributed by atoms with E-state index in [1.165, 1.54) is 0 Å². The van der Waals surface area contributed by atoms with Crippen molar-refractivity contribution in [1.82, 2.24) is 24.6 Å². The molecule has 1 aromatic heterocycles. The Hall–Kier alpha value is -2.01. The molecule has 1 fully saturated rings. The SMILES string of the molecule is Cc1cc(S(=O)(=O)NCCCn2cc(C(=O)N3CCOCC3)nn2)c(C)cc1Cl. The standard InChI is InChI=1S/C18H24ClN5O4S/c1-13-11-17(14(2)10-15(13)19)29(26,27)20-4-3-5-24-12-16(21-22-24)18(25)23-6-8-28-9-7-23/h10-12,20H,3-9H2,1-2H3. The van der Waals surface area contributed by atoms with Crippen LogP contribution in [-0.4, -0.2) is 67.1 Å². The van der Waals surface area contributed by atoms with Crippen molar-refractivity contribution in [2.24, 2.45) is 0 Å². The van der Waals surface area contributed by atoms with Crippen LogP contribution in [0.25, 0.3) is 0 Å². The lowest BCUT2D eigenvalue weighted by Crippen LogP contribution is -2.40. The van der Waals surface area contributed by atoms with E-state index in [-0.39, 0.29) is 23.0 Å². The highest BCUT2D eigenvalue weighted by Crippen LogP contribution is 2.23. The number of morpholine rings is 1. The first kappa shape index (κ1) is 21.7. The highest BCUT2D eigenvalue weighted by atomic mass is 35.5. The number of aryl methyl sites for hydroxylation is 3. The normalized spacial score (nSPS) is 14.9. The van der Waals surface area contributed by atoms with Crippen LogP contribution in [0.4, 0.5) is 0 Å². The number of aromatic nitrogens is 3. The molecule has 0 aliphatic carbocycles. The van der Waals surface area contributed by atoms with E-state index < -0.39 is 10.0 Å². The molecular formula is C18H24ClN5O4S. The van der Waals surface area contributed by atoms with Gasteiger partial charge in [-0.3, -0.25) is 9.48 Å². The molecule has 0 unspecified atom stereocenters. The van der Waals surface area contributed by atoms with Crippen molar-refractivity contribution in [2.45, 2.75) is 31.7 Å². The summed E-state index contributed by atoms with van der Waals surface area (Å²) in [6.45, 7) is 6.26. The number of amides is 1. The molecule has 1 amide bonds. The Kier molecular flexibility index (Phi) is 6.89.